The molecule has 0 aliphatic rings. The minimum Gasteiger partial charge on any atom is -0.480 e. The Labute approximate surface area is 135 Å². The van der Waals surface area contributed by atoms with E-state index in [1.54, 1.807) is 0 Å². The van der Waals surface area contributed by atoms with E-state index in [1.165, 1.54) is 0 Å². The molecule has 6 N–H and O–H groups in total. The zero-order valence-corrected chi connectivity index (χ0v) is 13.4. The summed E-state index contributed by atoms with van der Waals surface area (Å²) in [5, 5.41) is 34.4. The average molecular weight is 333 g/mol. The van der Waals surface area contributed by atoms with Crippen LogP contribution in [0, 0.1) is 0 Å². The van der Waals surface area contributed by atoms with Crippen molar-refractivity contribution in [3.8, 4) is 0 Å². The number of urea groups is 1. The Morgan fingerprint density at radius 2 is 1.43 bits per heavy atom. The summed E-state index contributed by atoms with van der Waals surface area (Å²) in [5.74, 6) is -2.39. The lowest BCUT2D eigenvalue weighted by molar-refractivity contribution is -0.139. The smallest absolute Gasteiger partial charge is 0.326 e. The quantitative estimate of drug-likeness (QED) is 0.254. The lowest BCUT2D eigenvalue weighted by Crippen LogP contribution is -2.51. The first-order chi connectivity index (χ1) is 10.9. The van der Waals surface area contributed by atoms with E-state index in [0.717, 1.165) is 19.5 Å². The molecule has 0 aromatic heterocycles. The number of aliphatic hydroxyl groups excluding tert-OH is 1. The molecule has 0 saturated heterocycles. The molecular weight excluding hydrogens is 306 g/mol. The van der Waals surface area contributed by atoms with Gasteiger partial charge < -0.3 is 31.3 Å². The van der Waals surface area contributed by atoms with Gasteiger partial charge in [-0.3, -0.25) is 0 Å². The number of amides is 2. The molecule has 0 bridgehead atoms. The Hall–Kier alpha value is -1.87. The molecule has 0 rings (SSSR count). The predicted molar refractivity (Wildman–Crippen MR) is 83.2 cm³/mol. The van der Waals surface area contributed by atoms with Gasteiger partial charge in [-0.05, 0) is 45.2 Å². The number of carbonyl (C=O) groups excluding carboxylic acids is 1. The van der Waals surface area contributed by atoms with Crippen molar-refractivity contribution < 1.29 is 29.7 Å². The van der Waals surface area contributed by atoms with Gasteiger partial charge in [-0.2, -0.15) is 0 Å². The van der Waals surface area contributed by atoms with Crippen molar-refractivity contribution in [2.45, 2.75) is 51.1 Å². The molecule has 0 aromatic carbocycles. The van der Waals surface area contributed by atoms with E-state index in [1.807, 2.05) is 6.92 Å². The monoisotopic (exact) mass is 333 g/mol. The first kappa shape index (κ1) is 21.1. The van der Waals surface area contributed by atoms with Gasteiger partial charge in [-0.25, -0.2) is 14.4 Å². The molecule has 9 heteroatoms. The van der Waals surface area contributed by atoms with E-state index < -0.39 is 30.1 Å². The zero-order valence-electron chi connectivity index (χ0n) is 13.4. The molecule has 0 heterocycles. The number of nitrogens with one attached hydrogen (secondary N) is 3. The molecule has 23 heavy (non-hydrogen) atoms. The molecule has 9 nitrogen and oxygen atoms in total. The van der Waals surface area contributed by atoms with Crippen LogP contribution in [0.25, 0.3) is 0 Å². The summed E-state index contributed by atoms with van der Waals surface area (Å²) in [6.45, 7) is 3.41. The molecule has 2 atom stereocenters. The van der Waals surface area contributed by atoms with Crippen LogP contribution < -0.4 is 16.0 Å². The summed E-state index contributed by atoms with van der Waals surface area (Å²) in [6, 6.07) is -3.07. The zero-order chi connectivity index (χ0) is 17.7. The van der Waals surface area contributed by atoms with Crippen LogP contribution in [0.3, 0.4) is 0 Å². The van der Waals surface area contributed by atoms with Crippen molar-refractivity contribution >= 4 is 18.0 Å². The van der Waals surface area contributed by atoms with E-state index in [-0.39, 0.29) is 25.9 Å². The van der Waals surface area contributed by atoms with Gasteiger partial charge in [-0.1, -0.05) is 6.92 Å². The number of hydrogen-bond donors (Lipinski definition) is 6. The maximum absolute atomic E-state index is 11.7. The van der Waals surface area contributed by atoms with Crippen LogP contribution in [0.4, 0.5) is 4.79 Å². The number of carboxylic acids is 2. The number of rotatable bonds is 13. The lowest BCUT2D eigenvalue weighted by Gasteiger charge is -2.18. The van der Waals surface area contributed by atoms with Crippen LogP contribution >= 0.6 is 0 Å². The van der Waals surface area contributed by atoms with Crippen molar-refractivity contribution in [1.29, 1.82) is 0 Å². The standard InChI is InChI=1S/C14H27N3O6/c1-2-15-8-4-3-6-10(12(19)20)16-14(23)17-11(13(21)22)7-5-9-18/h10-11,15,18H,2-9H2,1H3,(H,19,20)(H,21,22)(H2,16,17,23). The van der Waals surface area contributed by atoms with Gasteiger partial charge in [0.1, 0.15) is 12.1 Å². The molecule has 0 saturated carbocycles. The second kappa shape index (κ2) is 12.7. The van der Waals surface area contributed by atoms with Crippen LogP contribution in [-0.4, -0.2) is 65.1 Å². The lowest BCUT2D eigenvalue weighted by atomic mass is 10.1. The molecule has 0 spiro atoms. The molecule has 2 unspecified atom stereocenters. The summed E-state index contributed by atoms with van der Waals surface area (Å²) in [4.78, 5) is 33.9. The first-order valence-corrected chi connectivity index (χ1v) is 7.76. The number of carboxylic acid groups (broad SMARTS) is 2. The largest absolute Gasteiger partial charge is 0.480 e. The van der Waals surface area contributed by atoms with E-state index >= 15 is 0 Å². The molecule has 0 fully saturated rings. The number of unbranched alkanes of at least 4 members (excludes halogenated alkanes) is 1. The second-order valence-corrected chi connectivity index (χ2v) is 5.11. The summed E-state index contributed by atoms with van der Waals surface area (Å²) in [7, 11) is 0. The molecular formula is C14H27N3O6. The average Bonchev–Trinajstić information content (AvgIpc) is 2.49. The topological polar surface area (TPSA) is 148 Å². The normalized spacial score (nSPS) is 13.1. The van der Waals surface area contributed by atoms with Crippen LogP contribution in [0.2, 0.25) is 0 Å². The van der Waals surface area contributed by atoms with E-state index in [0.29, 0.717) is 6.42 Å². The van der Waals surface area contributed by atoms with Crippen LogP contribution in [0.15, 0.2) is 0 Å². The fourth-order valence-electron chi connectivity index (χ4n) is 1.94. The highest BCUT2D eigenvalue weighted by molar-refractivity contribution is 5.86. The van der Waals surface area contributed by atoms with Crippen molar-refractivity contribution in [2.24, 2.45) is 0 Å². The van der Waals surface area contributed by atoms with Gasteiger partial charge in [0.2, 0.25) is 0 Å². The van der Waals surface area contributed by atoms with Crippen molar-refractivity contribution in [3.63, 3.8) is 0 Å². The number of aliphatic carboxylic acids is 2. The van der Waals surface area contributed by atoms with Gasteiger partial charge >= 0.3 is 18.0 Å². The Morgan fingerprint density at radius 3 is 1.87 bits per heavy atom. The SMILES string of the molecule is CCNCCCCC(NC(=O)NC(CCCO)C(=O)O)C(=O)O. The minimum absolute atomic E-state index is 0.0691. The van der Waals surface area contributed by atoms with E-state index in [9.17, 15) is 14.4 Å². The van der Waals surface area contributed by atoms with E-state index in [2.05, 4.69) is 16.0 Å². The Bertz CT molecular complexity index is 378. The summed E-state index contributed by atoms with van der Waals surface area (Å²) < 4.78 is 0. The third-order valence-corrected chi connectivity index (χ3v) is 3.20. The molecule has 0 aliphatic carbocycles. The summed E-state index contributed by atoms with van der Waals surface area (Å²) >= 11 is 0. The Balaban J connectivity index is 4.31. The Kier molecular flexibility index (Phi) is 11.6. The number of carbonyl (C=O) groups is 3. The predicted octanol–water partition coefficient (Wildman–Crippen LogP) is -0.256. The maximum Gasteiger partial charge on any atom is 0.326 e. The maximum atomic E-state index is 11.7. The summed E-state index contributed by atoms with van der Waals surface area (Å²) in [6.07, 6.45) is 1.97. The van der Waals surface area contributed by atoms with Gasteiger partial charge in [0.15, 0.2) is 0 Å². The minimum atomic E-state index is -1.23. The van der Waals surface area contributed by atoms with Gasteiger partial charge in [0.25, 0.3) is 0 Å². The first-order valence-electron chi connectivity index (χ1n) is 7.76. The fourth-order valence-corrected chi connectivity index (χ4v) is 1.94. The van der Waals surface area contributed by atoms with Crippen molar-refractivity contribution in [3.05, 3.63) is 0 Å². The third-order valence-electron chi connectivity index (χ3n) is 3.20. The van der Waals surface area contributed by atoms with Gasteiger partial charge in [-0.15, -0.1) is 0 Å². The van der Waals surface area contributed by atoms with Crippen LogP contribution in [-0.2, 0) is 9.59 Å². The van der Waals surface area contributed by atoms with Gasteiger partial charge in [0.05, 0.1) is 0 Å². The van der Waals surface area contributed by atoms with Crippen molar-refractivity contribution in [1.82, 2.24) is 16.0 Å². The van der Waals surface area contributed by atoms with E-state index in [4.69, 9.17) is 15.3 Å². The van der Waals surface area contributed by atoms with Gasteiger partial charge in [0, 0.05) is 6.61 Å². The highest BCUT2D eigenvalue weighted by atomic mass is 16.4. The number of aliphatic hydroxyl groups is 1. The molecule has 2 amide bonds. The molecule has 0 aliphatic heterocycles. The fraction of sp³-hybridized carbons (Fsp3) is 0.786. The highest BCUT2D eigenvalue weighted by Gasteiger charge is 2.23. The molecule has 0 aromatic rings. The third kappa shape index (κ3) is 10.5. The van der Waals surface area contributed by atoms with Crippen LogP contribution in [0.5, 0.6) is 0 Å². The summed E-state index contributed by atoms with van der Waals surface area (Å²) in [5.41, 5.74) is 0. The van der Waals surface area contributed by atoms with Crippen LogP contribution in [0.1, 0.15) is 39.0 Å². The Morgan fingerprint density at radius 1 is 0.913 bits per heavy atom. The second-order valence-electron chi connectivity index (χ2n) is 5.11. The molecule has 134 valence electrons. The molecule has 0 radical (unpaired) electrons. The van der Waals surface area contributed by atoms with Crippen molar-refractivity contribution in [2.75, 3.05) is 19.7 Å². The number of hydrogen-bond acceptors (Lipinski definition) is 5. The highest BCUT2D eigenvalue weighted by Crippen LogP contribution is 2.02.